The minimum Gasteiger partial charge on any atom is -0.310 e. The van der Waals surface area contributed by atoms with Crippen LogP contribution in [0.2, 0.25) is 0 Å². The van der Waals surface area contributed by atoms with Gasteiger partial charge in [0, 0.05) is 25.2 Å². The highest BCUT2D eigenvalue weighted by molar-refractivity contribution is 5.23. The van der Waals surface area contributed by atoms with Gasteiger partial charge in [0.05, 0.1) is 0 Å². The van der Waals surface area contributed by atoms with E-state index in [1.54, 1.807) is 0 Å². The molecule has 1 fully saturated rings. The van der Waals surface area contributed by atoms with Gasteiger partial charge in [-0.25, -0.2) is 0 Å². The van der Waals surface area contributed by atoms with Gasteiger partial charge in [-0.2, -0.15) is 0 Å². The third-order valence-electron chi connectivity index (χ3n) is 4.56. The average Bonchev–Trinajstić information content (AvgIpc) is 2.70. The van der Waals surface area contributed by atoms with Crippen LogP contribution in [0, 0.1) is 0 Å². The van der Waals surface area contributed by atoms with Crippen molar-refractivity contribution in [2.75, 3.05) is 6.54 Å². The van der Waals surface area contributed by atoms with Gasteiger partial charge in [0.1, 0.15) is 0 Å². The van der Waals surface area contributed by atoms with Crippen molar-refractivity contribution in [1.29, 1.82) is 0 Å². The summed E-state index contributed by atoms with van der Waals surface area (Å²) in [6.45, 7) is 10.1. The number of benzene rings is 1. The van der Waals surface area contributed by atoms with Gasteiger partial charge in [-0.1, -0.05) is 57.9 Å². The van der Waals surface area contributed by atoms with Crippen molar-refractivity contribution in [1.82, 2.24) is 10.2 Å². The standard InChI is InChI=1S/C19H32N2/c1-4-19-11-6-5-7-12-21(19)15-18-10-8-9-17(13-18)14-20-16(2)3/h8-10,13,16,19-20H,4-7,11-12,14-15H2,1-3H3. The van der Waals surface area contributed by atoms with Crippen molar-refractivity contribution in [2.45, 2.75) is 78.0 Å². The minimum atomic E-state index is 0.545. The fourth-order valence-corrected chi connectivity index (χ4v) is 3.30. The monoisotopic (exact) mass is 288 g/mol. The fourth-order valence-electron chi connectivity index (χ4n) is 3.30. The van der Waals surface area contributed by atoms with Crippen LogP contribution in [-0.2, 0) is 13.1 Å². The highest BCUT2D eigenvalue weighted by Gasteiger charge is 2.19. The Balaban J connectivity index is 1.98. The smallest absolute Gasteiger partial charge is 0.0236 e. The number of likely N-dealkylation sites (tertiary alicyclic amines) is 1. The van der Waals surface area contributed by atoms with E-state index in [-0.39, 0.29) is 0 Å². The highest BCUT2D eigenvalue weighted by atomic mass is 15.2. The van der Waals surface area contributed by atoms with Gasteiger partial charge in [-0.05, 0) is 36.9 Å². The summed E-state index contributed by atoms with van der Waals surface area (Å²) in [4.78, 5) is 2.71. The molecule has 0 bridgehead atoms. The van der Waals surface area contributed by atoms with E-state index in [4.69, 9.17) is 0 Å². The van der Waals surface area contributed by atoms with Crippen LogP contribution in [0.4, 0.5) is 0 Å². The first-order valence-electron chi connectivity index (χ1n) is 8.74. The lowest BCUT2D eigenvalue weighted by molar-refractivity contribution is 0.186. The molecule has 2 nitrogen and oxygen atoms in total. The third kappa shape index (κ3) is 5.44. The van der Waals surface area contributed by atoms with Gasteiger partial charge >= 0.3 is 0 Å². The van der Waals surface area contributed by atoms with E-state index in [2.05, 4.69) is 55.3 Å². The Morgan fingerprint density at radius 2 is 2.00 bits per heavy atom. The molecule has 0 spiro atoms. The second kappa shape index (κ2) is 8.55. The van der Waals surface area contributed by atoms with E-state index in [0.717, 1.165) is 19.1 Å². The largest absolute Gasteiger partial charge is 0.310 e. The van der Waals surface area contributed by atoms with Gasteiger partial charge in [-0.15, -0.1) is 0 Å². The van der Waals surface area contributed by atoms with Crippen LogP contribution in [0.3, 0.4) is 0 Å². The van der Waals surface area contributed by atoms with Crippen LogP contribution < -0.4 is 5.32 Å². The molecule has 1 aromatic rings. The SMILES string of the molecule is CCC1CCCCCN1Cc1cccc(CNC(C)C)c1. The van der Waals surface area contributed by atoms with Crippen LogP contribution in [-0.4, -0.2) is 23.5 Å². The maximum absolute atomic E-state index is 3.51. The predicted molar refractivity (Wildman–Crippen MR) is 91.4 cm³/mol. The van der Waals surface area contributed by atoms with Crippen LogP contribution >= 0.6 is 0 Å². The quantitative estimate of drug-likeness (QED) is 0.837. The molecular formula is C19H32N2. The first kappa shape index (κ1) is 16.5. The Morgan fingerprint density at radius 1 is 1.19 bits per heavy atom. The zero-order valence-corrected chi connectivity index (χ0v) is 14.1. The molecule has 21 heavy (non-hydrogen) atoms. The summed E-state index contributed by atoms with van der Waals surface area (Å²) >= 11 is 0. The van der Waals surface area contributed by atoms with Gasteiger partial charge in [0.15, 0.2) is 0 Å². The van der Waals surface area contributed by atoms with Crippen LogP contribution in [0.15, 0.2) is 24.3 Å². The maximum atomic E-state index is 3.51. The lowest BCUT2D eigenvalue weighted by atomic mass is 10.1. The Labute approximate surface area is 130 Å². The van der Waals surface area contributed by atoms with Crippen molar-refractivity contribution in [3.05, 3.63) is 35.4 Å². The molecule has 1 N–H and O–H groups in total. The molecule has 2 heteroatoms. The van der Waals surface area contributed by atoms with Crippen molar-refractivity contribution in [2.24, 2.45) is 0 Å². The van der Waals surface area contributed by atoms with E-state index in [1.165, 1.54) is 49.8 Å². The minimum absolute atomic E-state index is 0.545. The summed E-state index contributed by atoms with van der Waals surface area (Å²) in [7, 11) is 0. The van der Waals surface area contributed by atoms with Crippen molar-refractivity contribution < 1.29 is 0 Å². The predicted octanol–water partition coefficient (Wildman–Crippen LogP) is 4.34. The Bertz CT molecular complexity index is 414. The second-order valence-electron chi connectivity index (χ2n) is 6.74. The Morgan fingerprint density at radius 3 is 2.76 bits per heavy atom. The molecule has 0 saturated carbocycles. The van der Waals surface area contributed by atoms with Crippen LogP contribution in [0.25, 0.3) is 0 Å². The molecule has 0 amide bonds. The van der Waals surface area contributed by atoms with Crippen LogP contribution in [0.1, 0.15) is 64.0 Å². The molecule has 0 aromatic heterocycles. The number of rotatable bonds is 6. The lowest BCUT2D eigenvalue weighted by Gasteiger charge is -2.29. The molecule has 1 aliphatic rings. The Kier molecular flexibility index (Phi) is 6.72. The molecule has 1 aliphatic heterocycles. The zero-order chi connectivity index (χ0) is 15.1. The van der Waals surface area contributed by atoms with Crippen molar-refractivity contribution in [3.63, 3.8) is 0 Å². The summed E-state index contributed by atoms with van der Waals surface area (Å²) in [5.74, 6) is 0. The molecule has 0 radical (unpaired) electrons. The first-order valence-corrected chi connectivity index (χ1v) is 8.74. The van der Waals surface area contributed by atoms with Crippen molar-refractivity contribution in [3.8, 4) is 0 Å². The zero-order valence-electron chi connectivity index (χ0n) is 14.1. The maximum Gasteiger partial charge on any atom is 0.0236 e. The summed E-state index contributed by atoms with van der Waals surface area (Å²) in [6.07, 6.45) is 6.85. The normalized spacial score (nSPS) is 20.7. The second-order valence-corrected chi connectivity index (χ2v) is 6.74. The molecular weight excluding hydrogens is 256 g/mol. The fraction of sp³-hybridized carbons (Fsp3) is 0.684. The van der Waals surface area contributed by atoms with E-state index < -0.39 is 0 Å². The van der Waals surface area contributed by atoms with E-state index in [1.807, 2.05) is 0 Å². The molecule has 1 atom stereocenters. The van der Waals surface area contributed by atoms with Crippen LogP contribution in [0.5, 0.6) is 0 Å². The molecule has 1 saturated heterocycles. The van der Waals surface area contributed by atoms with E-state index in [9.17, 15) is 0 Å². The summed E-state index contributed by atoms with van der Waals surface area (Å²) in [5, 5.41) is 3.51. The highest BCUT2D eigenvalue weighted by Crippen LogP contribution is 2.21. The van der Waals surface area contributed by atoms with Gasteiger partial charge in [-0.3, -0.25) is 4.90 Å². The number of hydrogen-bond donors (Lipinski definition) is 1. The molecule has 1 unspecified atom stereocenters. The average molecular weight is 288 g/mol. The lowest BCUT2D eigenvalue weighted by Crippen LogP contribution is -2.33. The number of nitrogens with one attached hydrogen (secondary N) is 1. The van der Waals surface area contributed by atoms with Gasteiger partial charge in [0.25, 0.3) is 0 Å². The first-order chi connectivity index (χ1) is 10.2. The molecule has 118 valence electrons. The van der Waals surface area contributed by atoms with Gasteiger partial charge < -0.3 is 5.32 Å². The Hall–Kier alpha value is -0.860. The van der Waals surface area contributed by atoms with E-state index >= 15 is 0 Å². The summed E-state index contributed by atoms with van der Waals surface area (Å²) in [6, 6.07) is 10.4. The van der Waals surface area contributed by atoms with Crippen molar-refractivity contribution >= 4 is 0 Å². The molecule has 1 aromatic carbocycles. The summed E-state index contributed by atoms with van der Waals surface area (Å²) < 4.78 is 0. The number of nitrogens with zero attached hydrogens (tertiary/aromatic N) is 1. The van der Waals surface area contributed by atoms with E-state index in [0.29, 0.717) is 6.04 Å². The number of hydrogen-bond acceptors (Lipinski definition) is 2. The molecule has 2 rings (SSSR count). The summed E-state index contributed by atoms with van der Waals surface area (Å²) in [5.41, 5.74) is 2.88. The topological polar surface area (TPSA) is 15.3 Å². The third-order valence-corrected chi connectivity index (χ3v) is 4.56. The van der Waals surface area contributed by atoms with Gasteiger partial charge in [0.2, 0.25) is 0 Å². The molecule has 0 aliphatic carbocycles. The molecule has 1 heterocycles.